The van der Waals surface area contributed by atoms with Gasteiger partial charge in [0.2, 0.25) is 5.91 Å². The molecule has 21 heavy (non-hydrogen) atoms. The van der Waals surface area contributed by atoms with Crippen LogP contribution in [0.15, 0.2) is 35.0 Å². The molecule has 0 unspecified atom stereocenters. The number of nitrogens with two attached hydrogens (primary N) is 1. The Balaban J connectivity index is 1.81. The number of hydrogen-bond donors (Lipinski definition) is 3. The Morgan fingerprint density at radius 2 is 1.95 bits per heavy atom. The maximum atomic E-state index is 12.0. The van der Waals surface area contributed by atoms with Gasteiger partial charge in [-0.3, -0.25) is 4.79 Å². The summed E-state index contributed by atoms with van der Waals surface area (Å²) >= 11 is 3.16. The van der Waals surface area contributed by atoms with Crippen LogP contribution in [0.3, 0.4) is 0 Å². The van der Waals surface area contributed by atoms with E-state index in [1.165, 1.54) is 16.2 Å². The van der Waals surface area contributed by atoms with Crippen LogP contribution in [0.2, 0.25) is 0 Å². The van der Waals surface area contributed by atoms with Crippen molar-refractivity contribution >= 4 is 34.6 Å². The van der Waals surface area contributed by atoms with Gasteiger partial charge in [0.15, 0.2) is 0 Å². The average molecular weight is 323 g/mol. The van der Waals surface area contributed by atoms with Crippen LogP contribution in [0, 0.1) is 0 Å². The van der Waals surface area contributed by atoms with Crippen LogP contribution in [0.1, 0.15) is 22.2 Å². The molecule has 5 nitrogen and oxygen atoms in total. The molecular weight excluding hydrogens is 306 g/mol. The van der Waals surface area contributed by atoms with Crippen molar-refractivity contribution < 1.29 is 9.59 Å². The van der Waals surface area contributed by atoms with Crippen molar-refractivity contribution in [3.63, 3.8) is 0 Å². The highest BCUT2D eigenvalue weighted by Crippen LogP contribution is 2.21. The van der Waals surface area contributed by atoms with Crippen LogP contribution in [-0.4, -0.2) is 18.5 Å². The van der Waals surface area contributed by atoms with Crippen molar-refractivity contribution in [1.82, 2.24) is 10.6 Å². The molecule has 0 aromatic carbocycles. The van der Waals surface area contributed by atoms with Gasteiger partial charge in [-0.2, -0.15) is 0 Å². The molecule has 112 valence electrons. The van der Waals surface area contributed by atoms with E-state index in [4.69, 9.17) is 5.73 Å². The van der Waals surface area contributed by atoms with E-state index >= 15 is 0 Å². The topological polar surface area (TPSA) is 84.2 Å². The highest BCUT2D eigenvalue weighted by molar-refractivity contribution is 7.10. The van der Waals surface area contributed by atoms with Gasteiger partial charge >= 0.3 is 6.03 Å². The molecular formula is C14H17N3O2S2. The van der Waals surface area contributed by atoms with Crippen molar-refractivity contribution in [3.05, 3.63) is 44.8 Å². The van der Waals surface area contributed by atoms with Crippen LogP contribution in [0.25, 0.3) is 0 Å². The fraction of sp³-hybridized carbons (Fsp3) is 0.286. The molecule has 4 N–H and O–H groups in total. The monoisotopic (exact) mass is 323 g/mol. The first-order valence-corrected chi connectivity index (χ1v) is 8.29. The van der Waals surface area contributed by atoms with E-state index in [1.807, 2.05) is 35.0 Å². The number of hydrogen-bond acceptors (Lipinski definition) is 4. The SMILES string of the molecule is NC(=O)N[C@@H](CC(=O)NCCc1cccs1)c1cccs1. The Kier molecular flexibility index (Phi) is 5.77. The Labute approximate surface area is 131 Å². The molecule has 0 fully saturated rings. The number of urea groups is 1. The molecule has 0 saturated heterocycles. The van der Waals surface area contributed by atoms with Gasteiger partial charge < -0.3 is 16.4 Å². The van der Waals surface area contributed by atoms with E-state index < -0.39 is 6.03 Å². The van der Waals surface area contributed by atoms with Crippen LogP contribution < -0.4 is 16.4 Å². The summed E-state index contributed by atoms with van der Waals surface area (Å²) in [6.45, 7) is 0.590. The van der Waals surface area contributed by atoms with Gasteiger partial charge in [-0.15, -0.1) is 22.7 Å². The molecule has 2 rings (SSSR count). The molecule has 0 aliphatic rings. The predicted octanol–water partition coefficient (Wildman–Crippen LogP) is 2.27. The molecule has 2 aromatic heterocycles. The van der Waals surface area contributed by atoms with Crippen molar-refractivity contribution in [2.75, 3.05) is 6.54 Å². The zero-order chi connectivity index (χ0) is 15.1. The van der Waals surface area contributed by atoms with Crippen LogP contribution >= 0.6 is 22.7 Å². The zero-order valence-corrected chi connectivity index (χ0v) is 13.0. The number of amides is 3. The Hall–Kier alpha value is -1.86. The molecule has 0 aliphatic carbocycles. The highest BCUT2D eigenvalue weighted by atomic mass is 32.1. The van der Waals surface area contributed by atoms with Gasteiger partial charge in [0.25, 0.3) is 0 Å². The molecule has 2 aromatic rings. The zero-order valence-electron chi connectivity index (χ0n) is 11.4. The second kappa shape index (κ2) is 7.80. The molecule has 0 aliphatic heterocycles. The van der Waals surface area contributed by atoms with Crippen LogP contribution in [0.5, 0.6) is 0 Å². The van der Waals surface area contributed by atoms with Gasteiger partial charge in [-0.25, -0.2) is 4.79 Å². The van der Waals surface area contributed by atoms with Crippen LogP contribution in [0.4, 0.5) is 4.79 Å². The Morgan fingerprint density at radius 3 is 2.57 bits per heavy atom. The molecule has 0 radical (unpaired) electrons. The minimum atomic E-state index is -0.625. The van der Waals surface area contributed by atoms with Gasteiger partial charge in [-0.1, -0.05) is 12.1 Å². The summed E-state index contributed by atoms with van der Waals surface area (Å²) < 4.78 is 0. The van der Waals surface area contributed by atoms with Crippen molar-refractivity contribution in [3.8, 4) is 0 Å². The third-order valence-corrected chi connectivity index (χ3v) is 4.79. The minimum absolute atomic E-state index is 0.0984. The summed E-state index contributed by atoms with van der Waals surface area (Å²) in [4.78, 5) is 25.2. The third kappa shape index (κ3) is 5.20. The van der Waals surface area contributed by atoms with E-state index in [-0.39, 0.29) is 18.4 Å². The summed E-state index contributed by atoms with van der Waals surface area (Å²) in [5.41, 5.74) is 5.16. The van der Waals surface area contributed by atoms with E-state index in [0.717, 1.165) is 11.3 Å². The highest BCUT2D eigenvalue weighted by Gasteiger charge is 2.18. The molecule has 0 saturated carbocycles. The fourth-order valence-corrected chi connectivity index (χ4v) is 3.41. The molecule has 0 spiro atoms. The standard InChI is InChI=1S/C14H17N3O2S2/c15-14(19)17-11(12-4-2-8-21-12)9-13(18)16-6-5-10-3-1-7-20-10/h1-4,7-8,11H,5-6,9H2,(H,16,18)(H3,15,17,19)/t11-/m0/s1. The molecule has 3 amide bonds. The predicted molar refractivity (Wildman–Crippen MR) is 85.4 cm³/mol. The number of rotatable bonds is 7. The largest absolute Gasteiger partial charge is 0.356 e. The van der Waals surface area contributed by atoms with Gasteiger partial charge in [0, 0.05) is 16.3 Å². The number of carbonyl (C=O) groups is 2. The maximum Gasteiger partial charge on any atom is 0.312 e. The summed E-state index contributed by atoms with van der Waals surface area (Å²) in [5.74, 6) is -0.0984. The second-order valence-corrected chi connectivity index (χ2v) is 6.47. The first kappa shape index (κ1) is 15.5. The second-order valence-electron chi connectivity index (χ2n) is 4.46. The lowest BCUT2D eigenvalue weighted by atomic mass is 10.1. The normalized spacial score (nSPS) is 11.8. The summed E-state index contributed by atoms with van der Waals surface area (Å²) in [7, 11) is 0. The third-order valence-electron chi connectivity index (χ3n) is 2.87. The molecule has 0 bridgehead atoms. The van der Waals surface area contributed by atoms with Crippen molar-refractivity contribution in [2.24, 2.45) is 5.73 Å². The lowest BCUT2D eigenvalue weighted by molar-refractivity contribution is -0.121. The quantitative estimate of drug-likeness (QED) is 0.730. The Morgan fingerprint density at radius 1 is 1.19 bits per heavy atom. The summed E-state index contributed by atoms with van der Waals surface area (Å²) in [6, 6.07) is 6.80. The summed E-state index contributed by atoms with van der Waals surface area (Å²) in [6.07, 6.45) is 1.00. The summed E-state index contributed by atoms with van der Waals surface area (Å²) in [5, 5.41) is 9.39. The lowest BCUT2D eigenvalue weighted by Gasteiger charge is -2.15. The van der Waals surface area contributed by atoms with Crippen molar-refractivity contribution in [2.45, 2.75) is 18.9 Å². The number of thiophene rings is 2. The van der Waals surface area contributed by atoms with E-state index in [2.05, 4.69) is 10.6 Å². The maximum absolute atomic E-state index is 12.0. The van der Waals surface area contributed by atoms with E-state index in [9.17, 15) is 9.59 Å². The van der Waals surface area contributed by atoms with Gasteiger partial charge in [0.05, 0.1) is 12.5 Å². The van der Waals surface area contributed by atoms with Crippen LogP contribution in [-0.2, 0) is 11.2 Å². The lowest BCUT2D eigenvalue weighted by Crippen LogP contribution is -2.36. The Bertz CT molecular complexity index is 567. The fourth-order valence-electron chi connectivity index (χ4n) is 1.92. The smallest absolute Gasteiger partial charge is 0.312 e. The first-order chi connectivity index (χ1) is 10.1. The number of primary amides is 1. The van der Waals surface area contributed by atoms with Gasteiger partial charge in [0.1, 0.15) is 0 Å². The van der Waals surface area contributed by atoms with Gasteiger partial charge in [-0.05, 0) is 29.3 Å². The first-order valence-electron chi connectivity index (χ1n) is 6.53. The number of nitrogens with one attached hydrogen (secondary N) is 2. The molecule has 7 heteroatoms. The minimum Gasteiger partial charge on any atom is -0.356 e. The average Bonchev–Trinajstić information content (AvgIpc) is 3.10. The van der Waals surface area contributed by atoms with E-state index in [1.54, 1.807) is 11.3 Å². The van der Waals surface area contributed by atoms with Crippen molar-refractivity contribution in [1.29, 1.82) is 0 Å². The number of carbonyl (C=O) groups excluding carboxylic acids is 2. The molecule has 2 heterocycles. The van der Waals surface area contributed by atoms with E-state index in [0.29, 0.717) is 6.54 Å². The molecule has 1 atom stereocenters.